The molecule has 8 nitrogen and oxygen atoms in total. The van der Waals surface area contributed by atoms with Crippen LogP contribution < -0.4 is 20.1 Å². The number of carbonyl (C=O) groups excluding carboxylic acids is 1. The highest BCUT2D eigenvalue weighted by molar-refractivity contribution is 5.92. The minimum Gasteiger partial charge on any atom is -0.454 e. The standard InChI is InChI=1S/C16H18N4O4/c1-22-8-2-7-17-16(21)12-4-6-15(20-19-12)18-11-3-5-13-14(9-11)24-10-23-13/h3-6,9H,2,7-8,10H2,1H3,(H,17,21)(H,18,20). The molecule has 2 aromatic rings. The average molecular weight is 330 g/mol. The SMILES string of the molecule is COCCCNC(=O)c1ccc(Nc2ccc3c(c2)OCO3)nn1. The Morgan fingerprint density at radius 3 is 2.88 bits per heavy atom. The Morgan fingerprint density at radius 2 is 2.08 bits per heavy atom. The number of methoxy groups -OCH3 is 1. The number of benzene rings is 1. The Bertz CT molecular complexity index is 706. The monoisotopic (exact) mass is 330 g/mol. The number of hydrogen-bond donors (Lipinski definition) is 2. The summed E-state index contributed by atoms with van der Waals surface area (Å²) in [4.78, 5) is 11.9. The van der Waals surface area contributed by atoms with E-state index in [4.69, 9.17) is 14.2 Å². The molecule has 1 amide bonds. The minimum absolute atomic E-state index is 0.229. The highest BCUT2D eigenvalue weighted by atomic mass is 16.7. The van der Waals surface area contributed by atoms with Gasteiger partial charge in [-0.1, -0.05) is 0 Å². The van der Waals surface area contributed by atoms with E-state index in [9.17, 15) is 4.79 Å². The van der Waals surface area contributed by atoms with Gasteiger partial charge in [0.05, 0.1) is 0 Å². The second kappa shape index (κ2) is 7.60. The molecule has 3 rings (SSSR count). The molecule has 0 radical (unpaired) electrons. The summed E-state index contributed by atoms with van der Waals surface area (Å²) in [5.41, 5.74) is 1.06. The zero-order valence-electron chi connectivity index (χ0n) is 13.2. The van der Waals surface area contributed by atoms with Crippen LogP contribution in [-0.4, -0.2) is 43.2 Å². The summed E-state index contributed by atoms with van der Waals surface area (Å²) in [6, 6.07) is 8.81. The number of rotatable bonds is 7. The first-order valence-electron chi connectivity index (χ1n) is 7.54. The fourth-order valence-corrected chi connectivity index (χ4v) is 2.15. The van der Waals surface area contributed by atoms with Crippen molar-refractivity contribution in [2.75, 3.05) is 32.4 Å². The Labute approximate surface area is 139 Å². The Hall–Kier alpha value is -2.87. The highest BCUT2D eigenvalue weighted by Crippen LogP contribution is 2.34. The van der Waals surface area contributed by atoms with E-state index < -0.39 is 0 Å². The smallest absolute Gasteiger partial charge is 0.271 e. The molecule has 2 N–H and O–H groups in total. The molecule has 0 aliphatic carbocycles. The van der Waals surface area contributed by atoms with Gasteiger partial charge in [-0.05, 0) is 30.7 Å². The van der Waals surface area contributed by atoms with Crippen LogP contribution in [0.4, 0.5) is 11.5 Å². The number of nitrogens with one attached hydrogen (secondary N) is 2. The van der Waals surface area contributed by atoms with Crippen LogP contribution >= 0.6 is 0 Å². The number of fused-ring (bicyclic) bond motifs is 1. The number of carbonyl (C=O) groups is 1. The van der Waals surface area contributed by atoms with Crippen LogP contribution in [0.2, 0.25) is 0 Å². The van der Waals surface area contributed by atoms with Gasteiger partial charge in [-0.15, -0.1) is 10.2 Å². The second-order valence-corrected chi connectivity index (χ2v) is 5.10. The van der Waals surface area contributed by atoms with Gasteiger partial charge in [0.2, 0.25) is 6.79 Å². The summed E-state index contributed by atoms with van der Waals surface area (Å²) < 4.78 is 15.5. The van der Waals surface area contributed by atoms with E-state index in [-0.39, 0.29) is 18.4 Å². The van der Waals surface area contributed by atoms with Gasteiger partial charge in [-0.3, -0.25) is 4.79 Å². The summed E-state index contributed by atoms with van der Waals surface area (Å²) in [5, 5.41) is 13.8. The topological polar surface area (TPSA) is 94.6 Å². The molecule has 1 aliphatic heterocycles. The van der Waals surface area contributed by atoms with Crippen LogP contribution in [0.5, 0.6) is 11.5 Å². The van der Waals surface area contributed by atoms with Crippen LogP contribution in [0.3, 0.4) is 0 Å². The summed E-state index contributed by atoms with van der Waals surface area (Å²) in [6.07, 6.45) is 0.749. The van der Waals surface area contributed by atoms with Crippen molar-refractivity contribution in [3.8, 4) is 11.5 Å². The lowest BCUT2D eigenvalue weighted by atomic mass is 10.2. The predicted octanol–water partition coefficient (Wildman–Crippen LogP) is 1.72. The van der Waals surface area contributed by atoms with E-state index in [2.05, 4.69) is 20.8 Å². The molecular formula is C16H18N4O4. The maximum absolute atomic E-state index is 11.9. The first kappa shape index (κ1) is 16.0. The Morgan fingerprint density at radius 1 is 1.21 bits per heavy atom. The number of anilines is 2. The molecule has 0 unspecified atom stereocenters. The number of amides is 1. The lowest BCUT2D eigenvalue weighted by Gasteiger charge is -2.07. The number of aromatic nitrogens is 2. The molecule has 0 spiro atoms. The van der Waals surface area contributed by atoms with Gasteiger partial charge >= 0.3 is 0 Å². The van der Waals surface area contributed by atoms with E-state index in [1.54, 1.807) is 19.2 Å². The summed E-state index contributed by atoms with van der Waals surface area (Å²) in [5.74, 6) is 1.67. The first-order chi connectivity index (χ1) is 11.8. The van der Waals surface area contributed by atoms with Crippen LogP contribution in [0, 0.1) is 0 Å². The normalized spacial score (nSPS) is 12.0. The van der Waals surface area contributed by atoms with E-state index in [1.807, 2.05) is 18.2 Å². The third kappa shape index (κ3) is 3.90. The van der Waals surface area contributed by atoms with Crippen molar-refractivity contribution in [3.63, 3.8) is 0 Å². The maximum Gasteiger partial charge on any atom is 0.271 e. The maximum atomic E-state index is 11.9. The van der Waals surface area contributed by atoms with Crippen molar-refractivity contribution in [2.45, 2.75) is 6.42 Å². The Kier molecular flexibility index (Phi) is 5.07. The molecule has 0 atom stereocenters. The van der Waals surface area contributed by atoms with Gasteiger partial charge in [0.1, 0.15) is 0 Å². The number of hydrogen-bond acceptors (Lipinski definition) is 7. The molecule has 0 saturated heterocycles. The molecule has 0 fully saturated rings. The molecule has 0 bridgehead atoms. The molecular weight excluding hydrogens is 312 g/mol. The van der Waals surface area contributed by atoms with Crippen molar-refractivity contribution in [2.24, 2.45) is 0 Å². The van der Waals surface area contributed by atoms with Gasteiger partial charge in [0.25, 0.3) is 5.91 Å². The van der Waals surface area contributed by atoms with E-state index in [1.165, 1.54) is 0 Å². The van der Waals surface area contributed by atoms with Crippen molar-refractivity contribution in [1.82, 2.24) is 15.5 Å². The largest absolute Gasteiger partial charge is 0.454 e. The third-order valence-corrected chi connectivity index (χ3v) is 3.35. The van der Waals surface area contributed by atoms with E-state index in [0.29, 0.717) is 30.5 Å². The average Bonchev–Trinajstić information content (AvgIpc) is 3.07. The number of ether oxygens (including phenoxy) is 3. The van der Waals surface area contributed by atoms with Crippen LogP contribution in [0.25, 0.3) is 0 Å². The van der Waals surface area contributed by atoms with Gasteiger partial charge < -0.3 is 24.8 Å². The van der Waals surface area contributed by atoms with Gasteiger partial charge in [-0.2, -0.15) is 0 Å². The predicted molar refractivity (Wildman–Crippen MR) is 86.7 cm³/mol. The molecule has 2 heterocycles. The van der Waals surface area contributed by atoms with Crippen molar-refractivity contribution in [3.05, 3.63) is 36.0 Å². The summed E-state index contributed by atoms with van der Waals surface area (Å²) in [6.45, 7) is 1.36. The van der Waals surface area contributed by atoms with Crippen LogP contribution in [0.1, 0.15) is 16.9 Å². The third-order valence-electron chi connectivity index (χ3n) is 3.35. The van der Waals surface area contributed by atoms with Crippen molar-refractivity contribution >= 4 is 17.4 Å². The Balaban J connectivity index is 1.57. The fourth-order valence-electron chi connectivity index (χ4n) is 2.15. The van der Waals surface area contributed by atoms with Crippen molar-refractivity contribution in [1.29, 1.82) is 0 Å². The van der Waals surface area contributed by atoms with Gasteiger partial charge in [0.15, 0.2) is 23.0 Å². The molecule has 8 heteroatoms. The van der Waals surface area contributed by atoms with E-state index in [0.717, 1.165) is 12.1 Å². The molecule has 24 heavy (non-hydrogen) atoms. The van der Waals surface area contributed by atoms with Crippen LogP contribution in [0.15, 0.2) is 30.3 Å². The van der Waals surface area contributed by atoms with Crippen molar-refractivity contribution < 1.29 is 19.0 Å². The molecule has 0 saturated carbocycles. The molecule has 126 valence electrons. The van der Waals surface area contributed by atoms with Gasteiger partial charge in [-0.25, -0.2) is 0 Å². The molecule has 1 aromatic heterocycles. The highest BCUT2D eigenvalue weighted by Gasteiger charge is 2.13. The number of nitrogens with zero attached hydrogens (tertiary/aromatic N) is 2. The first-order valence-corrected chi connectivity index (χ1v) is 7.54. The summed E-state index contributed by atoms with van der Waals surface area (Å²) >= 11 is 0. The quantitative estimate of drug-likeness (QED) is 0.746. The lowest BCUT2D eigenvalue weighted by Crippen LogP contribution is -2.26. The zero-order valence-corrected chi connectivity index (χ0v) is 13.2. The minimum atomic E-state index is -0.256. The van der Waals surface area contributed by atoms with Crippen LogP contribution in [-0.2, 0) is 4.74 Å². The second-order valence-electron chi connectivity index (χ2n) is 5.10. The lowest BCUT2D eigenvalue weighted by molar-refractivity contribution is 0.0942. The van der Waals surface area contributed by atoms with E-state index >= 15 is 0 Å². The molecule has 1 aliphatic rings. The summed E-state index contributed by atoms with van der Waals surface area (Å²) in [7, 11) is 1.62. The zero-order chi connectivity index (χ0) is 16.8. The fraction of sp³-hybridized carbons (Fsp3) is 0.312. The van der Waals surface area contributed by atoms with Gasteiger partial charge in [0, 0.05) is 32.0 Å². The molecule has 1 aromatic carbocycles.